The highest BCUT2D eigenvalue weighted by Gasteiger charge is 2.12. The molecule has 0 fully saturated rings. The van der Waals surface area contributed by atoms with E-state index < -0.39 is 0 Å². The summed E-state index contributed by atoms with van der Waals surface area (Å²) in [5.41, 5.74) is 6.79. The van der Waals surface area contributed by atoms with Gasteiger partial charge in [0.1, 0.15) is 10.8 Å². The van der Waals surface area contributed by atoms with Crippen LogP contribution in [0.1, 0.15) is 5.56 Å². The molecule has 0 bridgehead atoms. The summed E-state index contributed by atoms with van der Waals surface area (Å²) in [5, 5.41) is 4.56. The summed E-state index contributed by atoms with van der Waals surface area (Å²) in [6.07, 6.45) is 1.52. The average Bonchev–Trinajstić information content (AvgIpc) is 2.72. The van der Waals surface area contributed by atoms with E-state index in [4.69, 9.17) is 26.8 Å². The van der Waals surface area contributed by atoms with Crippen molar-refractivity contribution >= 4 is 33.3 Å². The lowest BCUT2D eigenvalue weighted by Gasteiger charge is -2.12. The molecule has 19 heavy (non-hydrogen) atoms. The Morgan fingerprint density at radius 1 is 1.32 bits per heavy atom. The van der Waals surface area contributed by atoms with Crippen molar-refractivity contribution < 1.29 is 9.47 Å². The molecule has 2 rings (SSSR count). The van der Waals surface area contributed by atoms with Crippen LogP contribution in [0.25, 0.3) is 0 Å². The smallest absolute Gasteiger partial charge is 0.161 e. The van der Waals surface area contributed by atoms with E-state index in [9.17, 15) is 0 Å². The molecular formula is C12H13BrClN3O2. The minimum absolute atomic E-state index is 0.434. The molecule has 1 aromatic carbocycles. The van der Waals surface area contributed by atoms with Gasteiger partial charge < -0.3 is 15.2 Å². The van der Waals surface area contributed by atoms with Gasteiger partial charge in [-0.3, -0.25) is 0 Å². The van der Waals surface area contributed by atoms with Crippen molar-refractivity contribution in [1.82, 2.24) is 9.78 Å². The van der Waals surface area contributed by atoms with E-state index in [0.717, 1.165) is 10.0 Å². The topological polar surface area (TPSA) is 62.3 Å². The maximum Gasteiger partial charge on any atom is 0.161 e. The van der Waals surface area contributed by atoms with Gasteiger partial charge in [-0.2, -0.15) is 5.10 Å². The molecule has 0 atom stereocenters. The van der Waals surface area contributed by atoms with E-state index in [0.29, 0.717) is 28.9 Å². The third-order valence-electron chi connectivity index (χ3n) is 2.71. The van der Waals surface area contributed by atoms with Crippen molar-refractivity contribution in [3.8, 4) is 11.5 Å². The summed E-state index contributed by atoms with van der Waals surface area (Å²) in [7, 11) is 3.18. The summed E-state index contributed by atoms with van der Waals surface area (Å²) < 4.78 is 13.0. The van der Waals surface area contributed by atoms with Gasteiger partial charge in [0.2, 0.25) is 0 Å². The first-order chi connectivity index (χ1) is 9.06. The van der Waals surface area contributed by atoms with Gasteiger partial charge in [-0.25, -0.2) is 4.68 Å². The molecule has 0 radical (unpaired) electrons. The second kappa shape index (κ2) is 5.71. The number of anilines is 1. The first kappa shape index (κ1) is 14.0. The lowest BCUT2D eigenvalue weighted by atomic mass is 10.2. The van der Waals surface area contributed by atoms with Crippen LogP contribution in [0.2, 0.25) is 5.02 Å². The number of methoxy groups -OCH3 is 2. The second-order valence-corrected chi connectivity index (χ2v) is 5.10. The number of hydrogen-bond donors (Lipinski definition) is 1. The maximum atomic E-state index is 5.88. The summed E-state index contributed by atoms with van der Waals surface area (Å²) in [4.78, 5) is 0. The lowest BCUT2D eigenvalue weighted by Crippen LogP contribution is -2.07. The Morgan fingerprint density at radius 3 is 2.47 bits per heavy atom. The summed E-state index contributed by atoms with van der Waals surface area (Å²) in [6, 6.07) is 3.72. The fraction of sp³-hybridized carbons (Fsp3) is 0.250. The van der Waals surface area contributed by atoms with E-state index in [-0.39, 0.29) is 0 Å². The molecule has 5 nitrogen and oxygen atoms in total. The van der Waals surface area contributed by atoms with Gasteiger partial charge in [-0.15, -0.1) is 0 Å². The molecule has 0 unspecified atom stereocenters. The normalized spacial score (nSPS) is 10.5. The van der Waals surface area contributed by atoms with E-state index in [1.165, 1.54) is 6.20 Å². The molecule has 0 saturated carbocycles. The van der Waals surface area contributed by atoms with Crippen LogP contribution in [0.5, 0.6) is 11.5 Å². The fourth-order valence-electron chi connectivity index (χ4n) is 1.68. The molecular weight excluding hydrogens is 334 g/mol. The van der Waals surface area contributed by atoms with Crippen LogP contribution in [0.15, 0.2) is 22.8 Å². The van der Waals surface area contributed by atoms with Gasteiger partial charge in [0, 0.05) is 4.47 Å². The van der Waals surface area contributed by atoms with E-state index in [1.54, 1.807) is 18.9 Å². The second-order valence-electron chi connectivity index (χ2n) is 3.83. The van der Waals surface area contributed by atoms with Gasteiger partial charge in [-0.1, -0.05) is 27.5 Å². The minimum atomic E-state index is 0.434. The molecule has 1 heterocycles. The molecule has 7 heteroatoms. The first-order valence-electron chi connectivity index (χ1n) is 5.44. The van der Waals surface area contributed by atoms with Gasteiger partial charge in [0.25, 0.3) is 0 Å². The highest BCUT2D eigenvalue weighted by molar-refractivity contribution is 9.10. The van der Waals surface area contributed by atoms with Gasteiger partial charge in [0.15, 0.2) is 11.5 Å². The van der Waals surface area contributed by atoms with Crippen molar-refractivity contribution in [3.05, 3.63) is 33.4 Å². The van der Waals surface area contributed by atoms with Crippen LogP contribution in [0.4, 0.5) is 5.82 Å². The number of benzene rings is 1. The molecule has 0 aliphatic rings. The Balaban J connectivity index is 2.37. The first-order valence-corrected chi connectivity index (χ1v) is 6.61. The van der Waals surface area contributed by atoms with Crippen LogP contribution >= 0.6 is 27.5 Å². The fourth-order valence-corrected chi connectivity index (χ4v) is 2.27. The highest BCUT2D eigenvalue weighted by atomic mass is 79.9. The largest absolute Gasteiger partial charge is 0.493 e. The van der Waals surface area contributed by atoms with Crippen LogP contribution in [0.3, 0.4) is 0 Å². The third-order valence-corrected chi connectivity index (χ3v) is 3.74. The standard InChI is InChI=1S/C12H13BrClN3O2/c1-18-10-3-7(8(13)4-11(10)19-2)6-17-12(15)9(14)5-16-17/h3-5H,6,15H2,1-2H3. The number of rotatable bonds is 4. The highest BCUT2D eigenvalue weighted by Crippen LogP contribution is 2.34. The number of halogens is 2. The van der Waals surface area contributed by atoms with Gasteiger partial charge >= 0.3 is 0 Å². The quantitative estimate of drug-likeness (QED) is 0.924. The number of nitrogens with two attached hydrogens (primary N) is 1. The zero-order valence-electron chi connectivity index (χ0n) is 10.5. The molecule has 0 aliphatic carbocycles. The number of hydrogen-bond acceptors (Lipinski definition) is 4. The van der Waals surface area contributed by atoms with Gasteiger partial charge in [-0.05, 0) is 17.7 Å². The molecule has 0 spiro atoms. The maximum absolute atomic E-state index is 5.88. The van der Waals surface area contributed by atoms with Gasteiger partial charge in [0.05, 0.1) is 27.0 Å². The Hall–Kier alpha value is -1.40. The molecule has 2 N–H and O–H groups in total. The van der Waals surface area contributed by atoms with Crippen LogP contribution in [-0.4, -0.2) is 24.0 Å². The Kier molecular flexibility index (Phi) is 4.21. The third kappa shape index (κ3) is 2.79. The van der Waals surface area contributed by atoms with Crippen molar-refractivity contribution in [1.29, 1.82) is 0 Å². The number of nitrogens with zero attached hydrogens (tertiary/aromatic N) is 2. The number of aromatic nitrogens is 2. The Morgan fingerprint density at radius 2 is 1.95 bits per heavy atom. The summed E-state index contributed by atoms with van der Waals surface area (Å²) >= 11 is 9.37. The number of ether oxygens (including phenoxy) is 2. The van der Waals surface area contributed by atoms with E-state index in [1.807, 2.05) is 12.1 Å². The van der Waals surface area contributed by atoms with Crippen LogP contribution in [0, 0.1) is 0 Å². The Bertz CT molecular complexity index is 601. The predicted molar refractivity (Wildman–Crippen MR) is 78.0 cm³/mol. The molecule has 0 aliphatic heterocycles. The number of nitrogen functional groups attached to an aromatic ring is 1. The van der Waals surface area contributed by atoms with Crippen LogP contribution in [-0.2, 0) is 6.54 Å². The lowest BCUT2D eigenvalue weighted by molar-refractivity contribution is 0.354. The molecule has 0 saturated heterocycles. The summed E-state index contributed by atoms with van der Waals surface area (Å²) in [6.45, 7) is 0.486. The molecule has 1 aromatic heterocycles. The monoisotopic (exact) mass is 345 g/mol. The molecule has 102 valence electrons. The molecule has 0 amide bonds. The van der Waals surface area contributed by atoms with Crippen molar-refractivity contribution in [2.24, 2.45) is 0 Å². The van der Waals surface area contributed by atoms with E-state index in [2.05, 4.69) is 21.0 Å². The zero-order valence-corrected chi connectivity index (χ0v) is 12.8. The SMILES string of the molecule is COc1cc(Br)c(Cn2ncc(Cl)c2N)cc1OC. The van der Waals surface area contributed by atoms with Crippen LogP contribution < -0.4 is 15.2 Å². The average molecular weight is 347 g/mol. The minimum Gasteiger partial charge on any atom is -0.493 e. The molecule has 2 aromatic rings. The Labute approximate surface area is 124 Å². The zero-order chi connectivity index (χ0) is 14.0. The van der Waals surface area contributed by atoms with E-state index >= 15 is 0 Å². The van der Waals surface area contributed by atoms with Crippen molar-refractivity contribution in [2.45, 2.75) is 6.54 Å². The summed E-state index contributed by atoms with van der Waals surface area (Å²) in [5.74, 6) is 1.74. The van der Waals surface area contributed by atoms with Crippen molar-refractivity contribution in [2.75, 3.05) is 20.0 Å². The predicted octanol–water partition coefficient (Wildman–Crippen LogP) is 2.95. The van der Waals surface area contributed by atoms with Crippen molar-refractivity contribution in [3.63, 3.8) is 0 Å².